The van der Waals surface area contributed by atoms with E-state index < -0.39 is 0 Å². The standard InChI is InChI=1S/C42H31N3O/c1-5-16-31(17-6-1)43-32-18-15-25-36(28-32)44(33-19-7-2-8-20-33)37-29-39(42-38-26-13-14-27-40(38)46-41(42)30-37)45(34-21-9-3-10-22-34)35-23-11-4-12-24-35/h1-30,43H. The molecule has 8 aromatic rings. The highest BCUT2D eigenvalue weighted by Crippen LogP contribution is 2.47. The second-order valence-corrected chi connectivity index (χ2v) is 11.2. The molecular formula is C42H31N3O. The number of nitrogens with zero attached hydrogens (tertiary/aromatic N) is 2. The van der Waals surface area contributed by atoms with Crippen LogP contribution in [0.5, 0.6) is 0 Å². The van der Waals surface area contributed by atoms with Crippen LogP contribution in [0.25, 0.3) is 21.9 Å². The van der Waals surface area contributed by atoms with Crippen molar-refractivity contribution in [3.05, 3.63) is 182 Å². The van der Waals surface area contributed by atoms with Crippen LogP contribution in [0.15, 0.2) is 186 Å². The van der Waals surface area contributed by atoms with Crippen molar-refractivity contribution >= 4 is 67.4 Å². The van der Waals surface area contributed by atoms with Gasteiger partial charge < -0.3 is 19.5 Å². The predicted molar refractivity (Wildman–Crippen MR) is 193 cm³/mol. The number of fused-ring (bicyclic) bond motifs is 3. The molecule has 0 aliphatic carbocycles. The SMILES string of the molecule is c1ccc(Nc2cccc(N(c3ccccc3)c3cc(N(c4ccccc4)c4ccccc4)c4c(c3)oc3ccccc34)c2)cc1. The fraction of sp³-hybridized carbons (Fsp3) is 0. The average Bonchev–Trinajstić information content (AvgIpc) is 3.49. The van der Waals surface area contributed by atoms with Crippen molar-refractivity contribution in [2.75, 3.05) is 15.1 Å². The number of furan rings is 1. The Morgan fingerprint density at radius 3 is 1.54 bits per heavy atom. The lowest BCUT2D eigenvalue weighted by molar-refractivity contribution is 0.669. The summed E-state index contributed by atoms with van der Waals surface area (Å²) in [4.78, 5) is 4.62. The molecule has 7 aromatic carbocycles. The Balaban J connectivity index is 1.38. The number of hydrogen-bond acceptors (Lipinski definition) is 4. The van der Waals surface area contributed by atoms with Gasteiger partial charge in [0.2, 0.25) is 0 Å². The van der Waals surface area contributed by atoms with Crippen LogP contribution < -0.4 is 15.1 Å². The lowest BCUT2D eigenvalue weighted by atomic mass is 10.1. The smallest absolute Gasteiger partial charge is 0.139 e. The number of rotatable bonds is 8. The summed E-state index contributed by atoms with van der Waals surface area (Å²) in [6.07, 6.45) is 0. The molecule has 4 heteroatoms. The van der Waals surface area contributed by atoms with Crippen molar-refractivity contribution in [2.45, 2.75) is 0 Å². The number of nitrogens with one attached hydrogen (secondary N) is 1. The van der Waals surface area contributed by atoms with E-state index in [1.54, 1.807) is 0 Å². The van der Waals surface area contributed by atoms with Gasteiger partial charge in [-0.2, -0.15) is 0 Å². The van der Waals surface area contributed by atoms with Crippen molar-refractivity contribution in [1.29, 1.82) is 0 Å². The zero-order valence-electron chi connectivity index (χ0n) is 25.1. The van der Waals surface area contributed by atoms with E-state index in [2.05, 4.69) is 167 Å². The van der Waals surface area contributed by atoms with Crippen LogP contribution in [-0.4, -0.2) is 0 Å². The third-order valence-electron chi connectivity index (χ3n) is 8.15. The summed E-state index contributed by atoms with van der Waals surface area (Å²) in [5.41, 5.74) is 9.96. The van der Waals surface area contributed by atoms with E-state index in [1.807, 2.05) is 30.3 Å². The molecule has 4 nitrogen and oxygen atoms in total. The maximum atomic E-state index is 6.61. The molecule has 0 amide bonds. The molecule has 0 saturated heterocycles. The van der Waals surface area contributed by atoms with Crippen LogP contribution in [0.3, 0.4) is 0 Å². The van der Waals surface area contributed by atoms with Crippen LogP contribution in [0.1, 0.15) is 0 Å². The topological polar surface area (TPSA) is 31.6 Å². The summed E-state index contributed by atoms with van der Waals surface area (Å²) >= 11 is 0. The first kappa shape index (κ1) is 27.3. The monoisotopic (exact) mass is 593 g/mol. The molecule has 0 spiro atoms. The van der Waals surface area contributed by atoms with Gasteiger partial charge in [0.1, 0.15) is 11.2 Å². The third-order valence-corrected chi connectivity index (χ3v) is 8.15. The van der Waals surface area contributed by atoms with Gasteiger partial charge in [-0.3, -0.25) is 0 Å². The zero-order chi connectivity index (χ0) is 30.7. The van der Waals surface area contributed by atoms with E-state index in [9.17, 15) is 0 Å². The van der Waals surface area contributed by atoms with E-state index in [-0.39, 0.29) is 0 Å². The van der Waals surface area contributed by atoms with Gasteiger partial charge in [0, 0.05) is 45.6 Å². The quantitative estimate of drug-likeness (QED) is 0.190. The number of para-hydroxylation sites is 5. The normalized spacial score (nSPS) is 11.0. The minimum absolute atomic E-state index is 0.824. The van der Waals surface area contributed by atoms with Crippen molar-refractivity contribution < 1.29 is 4.42 Å². The van der Waals surface area contributed by atoms with Gasteiger partial charge >= 0.3 is 0 Å². The van der Waals surface area contributed by atoms with E-state index in [0.717, 1.165) is 67.4 Å². The lowest BCUT2D eigenvalue weighted by Crippen LogP contribution is -2.13. The van der Waals surface area contributed by atoms with Gasteiger partial charge in [-0.05, 0) is 78.9 Å². The molecule has 0 atom stereocenters. The second kappa shape index (κ2) is 12.0. The molecule has 0 unspecified atom stereocenters. The Hall–Kier alpha value is -6.26. The molecule has 8 rings (SSSR count). The number of benzene rings is 7. The summed E-state index contributed by atoms with van der Waals surface area (Å²) < 4.78 is 6.61. The van der Waals surface area contributed by atoms with E-state index in [0.29, 0.717) is 0 Å². The molecule has 0 bridgehead atoms. The molecule has 0 aliphatic heterocycles. The summed E-state index contributed by atoms with van der Waals surface area (Å²) in [6.45, 7) is 0. The summed E-state index contributed by atoms with van der Waals surface area (Å²) in [7, 11) is 0. The molecule has 220 valence electrons. The minimum atomic E-state index is 0.824. The molecule has 1 N–H and O–H groups in total. The summed E-state index contributed by atoms with van der Waals surface area (Å²) in [5.74, 6) is 0. The van der Waals surface area contributed by atoms with Gasteiger partial charge in [0.15, 0.2) is 0 Å². The number of hydrogen-bond donors (Lipinski definition) is 1. The summed E-state index contributed by atoms with van der Waals surface area (Å²) in [6, 6.07) is 63.1. The first-order valence-corrected chi connectivity index (χ1v) is 15.4. The van der Waals surface area contributed by atoms with Crippen LogP contribution in [0, 0.1) is 0 Å². The van der Waals surface area contributed by atoms with E-state index in [4.69, 9.17) is 4.42 Å². The van der Waals surface area contributed by atoms with Crippen LogP contribution in [-0.2, 0) is 0 Å². The Morgan fingerprint density at radius 2 is 0.891 bits per heavy atom. The molecule has 1 aromatic heterocycles. The molecule has 46 heavy (non-hydrogen) atoms. The van der Waals surface area contributed by atoms with Gasteiger partial charge in [-0.25, -0.2) is 0 Å². The molecule has 0 fully saturated rings. The Kier molecular flexibility index (Phi) is 7.14. The highest BCUT2D eigenvalue weighted by molar-refractivity contribution is 6.14. The van der Waals surface area contributed by atoms with Gasteiger partial charge in [0.25, 0.3) is 0 Å². The highest BCUT2D eigenvalue weighted by Gasteiger charge is 2.23. The maximum absolute atomic E-state index is 6.61. The third kappa shape index (κ3) is 5.23. The van der Waals surface area contributed by atoms with Gasteiger partial charge in [0.05, 0.1) is 16.8 Å². The van der Waals surface area contributed by atoms with Crippen LogP contribution in [0.2, 0.25) is 0 Å². The zero-order valence-corrected chi connectivity index (χ0v) is 25.1. The average molecular weight is 594 g/mol. The first-order chi connectivity index (χ1) is 22.8. The van der Waals surface area contributed by atoms with Gasteiger partial charge in [-0.1, -0.05) is 97.1 Å². The van der Waals surface area contributed by atoms with Gasteiger partial charge in [-0.15, -0.1) is 0 Å². The Bertz CT molecular complexity index is 2190. The fourth-order valence-electron chi connectivity index (χ4n) is 6.14. The van der Waals surface area contributed by atoms with Crippen molar-refractivity contribution in [1.82, 2.24) is 0 Å². The van der Waals surface area contributed by atoms with Crippen molar-refractivity contribution in [2.24, 2.45) is 0 Å². The maximum Gasteiger partial charge on any atom is 0.139 e. The lowest BCUT2D eigenvalue weighted by Gasteiger charge is -2.30. The van der Waals surface area contributed by atoms with Crippen molar-refractivity contribution in [3.63, 3.8) is 0 Å². The molecule has 0 aliphatic rings. The number of anilines is 8. The largest absolute Gasteiger partial charge is 0.456 e. The minimum Gasteiger partial charge on any atom is -0.456 e. The molecular weight excluding hydrogens is 562 g/mol. The molecule has 0 saturated carbocycles. The highest BCUT2D eigenvalue weighted by atomic mass is 16.3. The van der Waals surface area contributed by atoms with Crippen LogP contribution >= 0.6 is 0 Å². The van der Waals surface area contributed by atoms with Crippen LogP contribution in [0.4, 0.5) is 45.5 Å². The van der Waals surface area contributed by atoms with Crippen molar-refractivity contribution in [3.8, 4) is 0 Å². The summed E-state index contributed by atoms with van der Waals surface area (Å²) in [5, 5.41) is 5.72. The molecule has 1 heterocycles. The molecule has 0 radical (unpaired) electrons. The fourth-order valence-corrected chi connectivity index (χ4v) is 6.14. The Morgan fingerprint density at radius 1 is 0.370 bits per heavy atom. The van der Waals surface area contributed by atoms with E-state index >= 15 is 0 Å². The first-order valence-electron chi connectivity index (χ1n) is 15.4. The second-order valence-electron chi connectivity index (χ2n) is 11.2. The Labute approximate surface area is 268 Å². The predicted octanol–water partition coefficient (Wildman–Crippen LogP) is 12.3. The van der Waals surface area contributed by atoms with E-state index in [1.165, 1.54) is 0 Å².